The standard InChI is InChI=1S/C23H50Si.2ClH/c1-3-4-5-6-7-8-9-10-11-12-13-14-15-16-17-18-19-20-21-22-23-24-2;;/h3-24H2,1-2H3;2*1H. The Hall–Kier alpha value is 0.797. The zero-order valence-electron chi connectivity index (χ0n) is 18.4. The van der Waals surface area contributed by atoms with Gasteiger partial charge in [0, 0.05) is 9.52 Å². The van der Waals surface area contributed by atoms with E-state index in [0.717, 1.165) is 0 Å². The van der Waals surface area contributed by atoms with Crippen molar-refractivity contribution in [2.24, 2.45) is 0 Å². The lowest BCUT2D eigenvalue weighted by Crippen LogP contribution is -1.85. The molecule has 0 spiro atoms. The maximum absolute atomic E-state index is 2.44. The predicted molar refractivity (Wildman–Crippen MR) is 132 cm³/mol. The zero-order valence-corrected chi connectivity index (χ0v) is 21.4. The minimum absolute atomic E-state index is 0. The van der Waals surface area contributed by atoms with Gasteiger partial charge in [-0.3, -0.25) is 0 Å². The van der Waals surface area contributed by atoms with Crippen molar-refractivity contribution < 1.29 is 0 Å². The predicted octanol–water partition coefficient (Wildman–Crippen LogP) is 9.29. The Morgan fingerprint density at radius 1 is 0.385 bits per heavy atom. The molecule has 3 heteroatoms. The van der Waals surface area contributed by atoms with Crippen LogP contribution in [0.5, 0.6) is 0 Å². The maximum Gasteiger partial charge on any atom is 0.0166 e. The maximum atomic E-state index is 2.44. The first kappa shape index (κ1) is 31.5. The monoisotopic (exact) mass is 426 g/mol. The summed E-state index contributed by atoms with van der Waals surface area (Å²) in [5.41, 5.74) is 0. The third kappa shape index (κ3) is 29.6. The Morgan fingerprint density at radius 3 is 0.846 bits per heavy atom. The molecule has 0 saturated heterocycles. The van der Waals surface area contributed by atoms with Crippen LogP contribution in [-0.4, -0.2) is 9.52 Å². The van der Waals surface area contributed by atoms with E-state index in [2.05, 4.69) is 13.5 Å². The summed E-state index contributed by atoms with van der Waals surface area (Å²) in [4.78, 5) is 0. The van der Waals surface area contributed by atoms with Crippen LogP contribution >= 0.6 is 24.8 Å². The second-order valence-electron chi connectivity index (χ2n) is 8.07. The first-order valence-corrected chi connectivity index (χ1v) is 14.3. The highest BCUT2D eigenvalue weighted by molar-refractivity contribution is 6.33. The van der Waals surface area contributed by atoms with Gasteiger partial charge in [0.2, 0.25) is 0 Å². The normalized spacial score (nSPS) is 10.8. The van der Waals surface area contributed by atoms with Crippen LogP contribution in [0.25, 0.3) is 0 Å². The molecule has 0 aliphatic rings. The molecule has 0 aromatic carbocycles. The molecule has 0 saturated carbocycles. The lowest BCUT2D eigenvalue weighted by atomic mass is 10.0. The molecule has 0 N–H and O–H groups in total. The average Bonchev–Trinajstić information content (AvgIpc) is 2.60. The molecule has 162 valence electrons. The van der Waals surface area contributed by atoms with Crippen molar-refractivity contribution in [1.82, 2.24) is 0 Å². The van der Waals surface area contributed by atoms with E-state index in [1.54, 1.807) is 6.04 Å². The molecule has 0 aliphatic heterocycles. The van der Waals surface area contributed by atoms with Crippen molar-refractivity contribution in [2.45, 2.75) is 148 Å². The second kappa shape index (κ2) is 30.5. The summed E-state index contributed by atoms with van der Waals surface area (Å²) in [5, 5.41) is 0. The van der Waals surface area contributed by atoms with Gasteiger partial charge in [-0.15, -0.1) is 24.8 Å². The number of halogens is 2. The van der Waals surface area contributed by atoms with Gasteiger partial charge in [-0.05, 0) is 0 Å². The molecule has 0 fully saturated rings. The van der Waals surface area contributed by atoms with Gasteiger partial charge in [0.25, 0.3) is 0 Å². The Morgan fingerprint density at radius 2 is 0.615 bits per heavy atom. The molecule has 0 rings (SSSR count). The summed E-state index contributed by atoms with van der Waals surface area (Å²) in [7, 11) is 0.345. The van der Waals surface area contributed by atoms with Gasteiger partial charge in [0.05, 0.1) is 0 Å². The first-order valence-electron chi connectivity index (χ1n) is 11.9. The van der Waals surface area contributed by atoms with E-state index in [-0.39, 0.29) is 24.8 Å². The third-order valence-corrected chi connectivity index (χ3v) is 6.66. The highest BCUT2D eigenvalue weighted by Crippen LogP contribution is 2.14. The molecule has 0 unspecified atom stereocenters. The van der Waals surface area contributed by atoms with Crippen molar-refractivity contribution in [3.05, 3.63) is 0 Å². The minimum atomic E-state index is 0. The van der Waals surface area contributed by atoms with Crippen LogP contribution in [0.1, 0.15) is 135 Å². The summed E-state index contributed by atoms with van der Waals surface area (Å²) in [5.74, 6) is 0. The fourth-order valence-electron chi connectivity index (χ4n) is 3.68. The van der Waals surface area contributed by atoms with Crippen molar-refractivity contribution in [3.8, 4) is 0 Å². The summed E-state index contributed by atoms with van der Waals surface area (Å²) in [6.07, 6.45) is 29.8. The Balaban J connectivity index is -0.00000264. The van der Waals surface area contributed by atoms with Gasteiger partial charge in [0.15, 0.2) is 0 Å². The van der Waals surface area contributed by atoms with Gasteiger partial charge in [0.1, 0.15) is 0 Å². The van der Waals surface area contributed by atoms with Crippen LogP contribution in [0, 0.1) is 0 Å². The summed E-state index contributed by atoms with van der Waals surface area (Å²) in [6.45, 7) is 4.74. The van der Waals surface area contributed by atoms with Gasteiger partial charge < -0.3 is 0 Å². The number of hydrogen-bond acceptors (Lipinski definition) is 0. The summed E-state index contributed by atoms with van der Waals surface area (Å²) in [6, 6.07) is 1.58. The Bertz CT molecular complexity index is 190. The van der Waals surface area contributed by atoms with Gasteiger partial charge in [-0.2, -0.15) is 0 Å². The molecular weight excluding hydrogens is 375 g/mol. The lowest BCUT2D eigenvalue weighted by molar-refractivity contribution is 0.523. The van der Waals surface area contributed by atoms with Crippen LogP contribution < -0.4 is 0 Å². The average molecular weight is 428 g/mol. The van der Waals surface area contributed by atoms with E-state index in [9.17, 15) is 0 Å². The van der Waals surface area contributed by atoms with E-state index in [1.165, 1.54) is 128 Å². The van der Waals surface area contributed by atoms with Crippen LogP contribution in [-0.2, 0) is 0 Å². The second-order valence-corrected chi connectivity index (χ2v) is 9.78. The zero-order chi connectivity index (χ0) is 17.6. The largest absolute Gasteiger partial charge is 0.147 e. The fraction of sp³-hybridized carbons (Fsp3) is 1.00. The van der Waals surface area contributed by atoms with E-state index >= 15 is 0 Å². The molecule has 0 aliphatic carbocycles. The van der Waals surface area contributed by atoms with Crippen molar-refractivity contribution in [3.63, 3.8) is 0 Å². The molecule has 26 heavy (non-hydrogen) atoms. The molecular formula is C23H52Cl2Si. The van der Waals surface area contributed by atoms with Gasteiger partial charge in [-0.25, -0.2) is 0 Å². The molecule has 0 nitrogen and oxygen atoms in total. The van der Waals surface area contributed by atoms with Crippen LogP contribution in [0.15, 0.2) is 0 Å². The summed E-state index contributed by atoms with van der Waals surface area (Å²) < 4.78 is 0. The van der Waals surface area contributed by atoms with Crippen LogP contribution in [0.4, 0.5) is 0 Å². The van der Waals surface area contributed by atoms with Crippen molar-refractivity contribution in [2.75, 3.05) is 0 Å². The molecule has 0 heterocycles. The number of unbranched alkanes of at least 4 members (excludes halogenated alkanes) is 19. The van der Waals surface area contributed by atoms with Crippen molar-refractivity contribution >= 4 is 34.3 Å². The van der Waals surface area contributed by atoms with E-state index in [0.29, 0.717) is 9.52 Å². The molecule has 0 aromatic rings. The fourth-order valence-corrected chi connectivity index (χ4v) is 4.54. The Labute approximate surface area is 182 Å². The van der Waals surface area contributed by atoms with Gasteiger partial charge >= 0.3 is 0 Å². The molecule has 0 aromatic heterocycles. The van der Waals surface area contributed by atoms with E-state index in [4.69, 9.17) is 0 Å². The van der Waals surface area contributed by atoms with Crippen molar-refractivity contribution in [1.29, 1.82) is 0 Å². The molecule has 0 atom stereocenters. The minimum Gasteiger partial charge on any atom is -0.147 e. The first-order chi connectivity index (χ1) is 11.9. The van der Waals surface area contributed by atoms with E-state index < -0.39 is 0 Å². The quantitative estimate of drug-likeness (QED) is 0.126. The van der Waals surface area contributed by atoms with Gasteiger partial charge in [-0.1, -0.05) is 148 Å². The molecule has 0 amide bonds. The van der Waals surface area contributed by atoms with Crippen LogP contribution in [0.2, 0.25) is 12.6 Å². The number of hydrogen-bond donors (Lipinski definition) is 0. The third-order valence-electron chi connectivity index (χ3n) is 5.46. The Kier molecular flexibility index (Phi) is 37.0. The van der Waals surface area contributed by atoms with Crippen LogP contribution in [0.3, 0.4) is 0 Å². The number of rotatable bonds is 21. The lowest BCUT2D eigenvalue weighted by Gasteiger charge is -2.04. The smallest absolute Gasteiger partial charge is 0.0166 e. The molecule has 0 radical (unpaired) electrons. The molecule has 0 bridgehead atoms. The summed E-state index contributed by atoms with van der Waals surface area (Å²) >= 11 is 0. The SMILES string of the molecule is CCCCCCCCCCCCCCCCCCCCCC[SiH2]C.Cl.Cl. The van der Waals surface area contributed by atoms with E-state index in [1.807, 2.05) is 0 Å². The topological polar surface area (TPSA) is 0 Å². The highest BCUT2D eigenvalue weighted by Gasteiger charge is 1.95. The highest BCUT2D eigenvalue weighted by atomic mass is 35.5.